The molecule has 0 radical (unpaired) electrons. The number of rotatable bonds is 5. The summed E-state index contributed by atoms with van der Waals surface area (Å²) in [6.07, 6.45) is 3.97. The first kappa shape index (κ1) is 19.9. The molecule has 1 aliphatic rings. The highest BCUT2D eigenvalue weighted by atomic mass is 32.1. The summed E-state index contributed by atoms with van der Waals surface area (Å²) in [7, 11) is 5.06. The van der Waals surface area contributed by atoms with E-state index in [0.29, 0.717) is 17.5 Å². The maximum Gasteiger partial charge on any atom is 0.259 e. The zero-order chi connectivity index (χ0) is 20.5. The number of aromatic nitrogens is 1. The van der Waals surface area contributed by atoms with Crippen molar-refractivity contribution in [1.82, 2.24) is 9.47 Å². The van der Waals surface area contributed by atoms with Gasteiger partial charge in [-0.2, -0.15) is 0 Å². The first-order valence-corrected chi connectivity index (χ1v) is 10.6. The standard InChI is InChI=1S/C22H27N3O3S/c1-24-13-18(14-4-5-19(27-2)20(10-14)28-3)21-17(22(24)26)11-16(29-21)12-25-8-6-15(23)7-9-25/h4-5,10-11,13,15H,6-9,12,23H2,1-3H3. The summed E-state index contributed by atoms with van der Waals surface area (Å²) < 4.78 is 13.5. The summed E-state index contributed by atoms with van der Waals surface area (Å²) >= 11 is 1.70. The van der Waals surface area contributed by atoms with E-state index in [1.807, 2.05) is 24.4 Å². The average Bonchev–Trinajstić information content (AvgIpc) is 3.16. The summed E-state index contributed by atoms with van der Waals surface area (Å²) in [4.78, 5) is 16.4. The quantitative estimate of drug-likeness (QED) is 0.696. The molecule has 154 valence electrons. The molecule has 1 fully saturated rings. The average molecular weight is 414 g/mol. The van der Waals surface area contributed by atoms with Gasteiger partial charge in [0, 0.05) is 41.0 Å². The number of hydrogen-bond acceptors (Lipinski definition) is 6. The number of aryl methyl sites for hydroxylation is 1. The number of pyridine rings is 1. The monoisotopic (exact) mass is 413 g/mol. The Morgan fingerprint density at radius 1 is 1.14 bits per heavy atom. The number of nitrogens with zero attached hydrogens (tertiary/aromatic N) is 2. The van der Waals surface area contributed by atoms with Crippen LogP contribution in [0.3, 0.4) is 0 Å². The second-order valence-corrected chi connectivity index (χ2v) is 8.73. The molecule has 4 rings (SSSR count). The van der Waals surface area contributed by atoms with Gasteiger partial charge in [0.15, 0.2) is 11.5 Å². The van der Waals surface area contributed by atoms with Crippen molar-refractivity contribution in [2.75, 3.05) is 27.3 Å². The van der Waals surface area contributed by atoms with Gasteiger partial charge in [-0.3, -0.25) is 9.69 Å². The van der Waals surface area contributed by atoms with Crippen LogP contribution < -0.4 is 20.8 Å². The molecular formula is C22H27N3O3S. The SMILES string of the molecule is COc1ccc(-c2cn(C)c(=O)c3cc(CN4CCC(N)CC4)sc23)cc1OC. The summed E-state index contributed by atoms with van der Waals surface area (Å²) in [5, 5.41) is 0.772. The van der Waals surface area contributed by atoms with Gasteiger partial charge < -0.3 is 19.8 Å². The van der Waals surface area contributed by atoms with Crippen LogP contribution in [0.2, 0.25) is 0 Å². The Balaban J connectivity index is 1.76. The Hall–Kier alpha value is -2.35. The fourth-order valence-electron chi connectivity index (χ4n) is 3.92. The third-order valence-electron chi connectivity index (χ3n) is 5.61. The Morgan fingerprint density at radius 2 is 1.86 bits per heavy atom. The first-order valence-electron chi connectivity index (χ1n) is 9.82. The fourth-order valence-corrected chi connectivity index (χ4v) is 5.14. The van der Waals surface area contributed by atoms with Gasteiger partial charge >= 0.3 is 0 Å². The van der Waals surface area contributed by atoms with E-state index in [1.165, 1.54) is 4.88 Å². The number of ether oxygens (including phenoxy) is 2. The highest BCUT2D eigenvalue weighted by molar-refractivity contribution is 7.19. The molecule has 0 saturated carbocycles. The van der Waals surface area contributed by atoms with E-state index in [1.54, 1.807) is 37.2 Å². The van der Waals surface area contributed by atoms with Gasteiger partial charge in [-0.15, -0.1) is 11.3 Å². The minimum absolute atomic E-state index is 0.0346. The van der Waals surface area contributed by atoms with Gasteiger partial charge in [0.2, 0.25) is 0 Å². The second-order valence-electron chi connectivity index (χ2n) is 7.60. The number of hydrogen-bond donors (Lipinski definition) is 1. The molecule has 1 aromatic carbocycles. The van der Waals surface area contributed by atoms with Gasteiger partial charge in [-0.05, 0) is 49.7 Å². The zero-order valence-corrected chi connectivity index (χ0v) is 17.9. The Kier molecular flexibility index (Phi) is 5.63. The molecule has 2 N–H and O–H groups in total. The summed E-state index contributed by atoms with van der Waals surface area (Å²) in [6, 6.07) is 8.24. The van der Waals surface area contributed by atoms with Crippen molar-refractivity contribution in [3.8, 4) is 22.6 Å². The van der Waals surface area contributed by atoms with E-state index >= 15 is 0 Å². The smallest absolute Gasteiger partial charge is 0.259 e. The molecule has 0 bridgehead atoms. The van der Waals surface area contributed by atoms with Gasteiger partial charge in [0.25, 0.3) is 5.56 Å². The summed E-state index contributed by atoms with van der Waals surface area (Å²) in [6.45, 7) is 2.88. The van der Waals surface area contributed by atoms with Crippen molar-refractivity contribution >= 4 is 21.4 Å². The van der Waals surface area contributed by atoms with Crippen molar-refractivity contribution < 1.29 is 9.47 Å². The minimum atomic E-state index is 0.0346. The van der Waals surface area contributed by atoms with Crippen LogP contribution in [0.4, 0.5) is 0 Å². The minimum Gasteiger partial charge on any atom is -0.493 e. The normalized spacial score (nSPS) is 15.7. The molecule has 0 aliphatic carbocycles. The van der Waals surface area contributed by atoms with Gasteiger partial charge in [-0.1, -0.05) is 6.07 Å². The second kappa shape index (κ2) is 8.18. The lowest BCUT2D eigenvalue weighted by atomic mass is 10.1. The van der Waals surface area contributed by atoms with Crippen molar-refractivity contribution in [1.29, 1.82) is 0 Å². The topological polar surface area (TPSA) is 69.7 Å². The van der Waals surface area contributed by atoms with E-state index in [9.17, 15) is 4.79 Å². The molecule has 3 heterocycles. The number of fused-ring (bicyclic) bond motifs is 1. The van der Waals surface area contributed by atoms with Crippen LogP contribution in [0.25, 0.3) is 21.2 Å². The first-order chi connectivity index (χ1) is 14.0. The maximum atomic E-state index is 12.8. The van der Waals surface area contributed by atoms with Gasteiger partial charge in [0.1, 0.15) is 0 Å². The molecular weight excluding hydrogens is 386 g/mol. The molecule has 1 saturated heterocycles. The molecule has 29 heavy (non-hydrogen) atoms. The maximum absolute atomic E-state index is 12.8. The van der Waals surface area contributed by atoms with Crippen LogP contribution in [-0.2, 0) is 13.6 Å². The van der Waals surface area contributed by atoms with E-state index in [-0.39, 0.29) is 5.56 Å². The Morgan fingerprint density at radius 3 is 2.55 bits per heavy atom. The molecule has 7 heteroatoms. The summed E-state index contributed by atoms with van der Waals surface area (Å²) in [5.74, 6) is 1.36. The highest BCUT2D eigenvalue weighted by Crippen LogP contribution is 2.37. The van der Waals surface area contributed by atoms with Crippen LogP contribution in [0.1, 0.15) is 17.7 Å². The molecule has 0 spiro atoms. The number of likely N-dealkylation sites (tertiary alicyclic amines) is 1. The van der Waals surface area contributed by atoms with E-state index in [4.69, 9.17) is 15.2 Å². The predicted octanol–water partition coefficient (Wildman–Crippen LogP) is 3.21. The van der Waals surface area contributed by atoms with E-state index < -0.39 is 0 Å². The number of methoxy groups -OCH3 is 2. The van der Waals surface area contributed by atoms with E-state index in [0.717, 1.165) is 53.7 Å². The van der Waals surface area contributed by atoms with Crippen LogP contribution >= 0.6 is 11.3 Å². The van der Waals surface area contributed by atoms with Crippen LogP contribution in [0.15, 0.2) is 35.3 Å². The van der Waals surface area contributed by atoms with Crippen LogP contribution in [0, 0.1) is 0 Å². The number of benzene rings is 1. The van der Waals surface area contributed by atoms with E-state index in [2.05, 4.69) is 11.0 Å². The number of nitrogens with two attached hydrogens (primary N) is 1. The largest absolute Gasteiger partial charge is 0.493 e. The molecule has 2 aromatic heterocycles. The van der Waals surface area contributed by atoms with Crippen molar-refractivity contribution in [2.45, 2.75) is 25.4 Å². The Labute approximate surface area is 174 Å². The van der Waals surface area contributed by atoms with Crippen LogP contribution in [0.5, 0.6) is 11.5 Å². The van der Waals surface area contributed by atoms with Crippen LogP contribution in [-0.4, -0.2) is 42.8 Å². The third kappa shape index (κ3) is 3.90. The lowest BCUT2D eigenvalue weighted by Gasteiger charge is -2.29. The molecule has 3 aromatic rings. The van der Waals surface area contributed by atoms with Crippen molar-refractivity contribution in [3.63, 3.8) is 0 Å². The van der Waals surface area contributed by atoms with Crippen molar-refractivity contribution in [2.24, 2.45) is 12.8 Å². The molecule has 6 nitrogen and oxygen atoms in total. The molecule has 0 amide bonds. The number of piperidine rings is 1. The Bertz CT molecular complexity index is 1080. The highest BCUT2D eigenvalue weighted by Gasteiger charge is 2.19. The fraction of sp³-hybridized carbons (Fsp3) is 0.409. The van der Waals surface area contributed by atoms with Gasteiger partial charge in [0.05, 0.1) is 19.6 Å². The third-order valence-corrected chi connectivity index (χ3v) is 6.76. The molecule has 1 aliphatic heterocycles. The molecule has 0 unspecified atom stereocenters. The lowest BCUT2D eigenvalue weighted by molar-refractivity contribution is 0.207. The number of thiophene rings is 1. The molecule has 0 atom stereocenters. The van der Waals surface area contributed by atoms with Gasteiger partial charge in [-0.25, -0.2) is 0 Å². The lowest BCUT2D eigenvalue weighted by Crippen LogP contribution is -2.39. The van der Waals surface area contributed by atoms with Crippen molar-refractivity contribution in [3.05, 3.63) is 45.7 Å². The summed E-state index contributed by atoms with van der Waals surface area (Å²) in [5.41, 5.74) is 8.09. The predicted molar refractivity (Wildman–Crippen MR) is 118 cm³/mol. The zero-order valence-electron chi connectivity index (χ0n) is 17.1.